The van der Waals surface area contributed by atoms with Crippen LogP contribution in [-0.4, -0.2) is 62.3 Å². The zero-order valence-electron chi connectivity index (χ0n) is 18.5. The minimum absolute atomic E-state index is 0. The van der Waals surface area contributed by atoms with Gasteiger partial charge < -0.3 is 19.1 Å². The van der Waals surface area contributed by atoms with E-state index >= 15 is 0 Å². The molecule has 0 N–H and O–H groups in total. The topological polar surface area (TPSA) is 64.1 Å². The number of thiazole rings is 1. The molecule has 0 saturated carbocycles. The van der Waals surface area contributed by atoms with Crippen molar-refractivity contribution in [2.75, 3.05) is 51.4 Å². The highest BCUT2D eigenvalue weighted by atomic mass is 35.5. The van der Waals surface area contributed by atoms with Gasteiger partial charge in [-0.15, -0.1) is 12.4 Å². The predicted octanol–water partition coefficient (Wildman–Crippen LogP) is 4.49. The average molecular weight is 478 g/mol. The molecule has 0 atom stereocenters. The lowest BCUT2D eigenvalue weighted by atomic mass is 10.1. The van der Waals surface area contributed by atoms with Gasteiger partial charge in [0.15, 0.2) is 16.6 Å². The van der Waals surface area contributed by atoms with Crippen LogP contribution in [0, 0.1) is 0 Å². The minimum Gasteiger partial charge on any atom is -0.497 e. The van der Waals surface area contributed by atoms with Gasteiger partial charge in [-0.25, -0.2) is 4.98 Å². The van der Waals surface area contributed by atoms with Crippen LogP contribution in [0.25, 0.3) is 10.2 Å². The van der Waals surface area contributed by atoms with E-state index in [2.05, 4.69) is 18.7 Å². The molecule has 3 aromatic rings. The van der Waals surface area contributed by atoms with Gasteiger partial charge in [0, 0.05) is 24.7 Å². The SMILES string of the molecule is CCN(CC)CCN(C(=O)c1ccc2c(c1)OCCO2)c1nc2cc(OC)ccc2s1.Cl. The monoisotopic (exact) mass is 477 g/mol. The number of carbonyl (C=O) groups is 1. The van der Waals surface area contributed by atoms with Crippen LogP contribution in [0.15, 0.2) is 36.4 Å². The van der Waals surface area contributed by atoms with E-state index < -0.39 is 0 Å². The number of carbonyl (C=O) groups excluding carboxylic acids is 1. The first-order chi connectivity index (χ1) is 15.1. The van der Waals surface area contributed by atoms with Crippen molar-refractivity contribution in [3.05, 3.63) is 42.0 Å². The molecule has 0 unspecified atom stereocenters. The fourth-order valence-corrected chi connectivity index (χ4v) is 4.51. The summed E-state index contributed by atoms with van der Waals surface area (Å²) in [5.74, 6) is 1.92. The van der Waals surface area contributed by atoms with Crippen LogP contribution >= 0.6 is 23.7 Å². The molecule has 9 heteroatoms. The molecule has 1 aliphatic rings. The zero-order chi connectivity index (χ0) is 21.8. The molecule has 2 aromatic carbocycles. The second kappa shape index (κ2) is 10.8. The van der Waals surface area contributed by atoms with E-state index in [1.54, 1.807) is 30.2 Å². The summed E-state index contributed by atoms with van der Waals surface area (Å²) in [5, 5.41) is 0.676. The Balaban J connectivity index is 0.00000289. The number of methoxy groups -OCH3 is 1. The number of hydrogen-bond donors (Lipinski definition) is 0. The summed E-state index contributed by atoms with van der Waals surface area (Å²) < 4.78 is 17.6. The summed E-state index contributed by atoms with van der Waals surface area (Å²) in [6.07, 6.45) is 0. The highest BCUT2D eigenvalue weighted by Gasteiger charge is 2.24. The third-order valence-corrected chi connectivity index (χ3v) is 6.44. The molecule has 32 heavy (non-hydrogen) atoms. The molecule has 4 rings (SSSR count). The van der Waals surface area contributed by atoms with Crippen molar-refractivity contribution >= 4 is 45.0 Å². The van der Waals surface area contributed by atoms with Crippen molar-refractivity contribution in [2.45, 2.75) is 13.8 Å². The van der Waals surface area contributed by atoms with Gasteiger partial charge >= 0.3 is 0 Å². The fraction of sp³-hybridized carbons (Fsp3) is 0.391. The number of benzene rings is 2. The van der Waals surface area contributed by atoms with Gasteiger partial charge in [0.1, 0.15) is 19.0 Å². The molecular weight excluding hydrogens is 450 g/mol. The van der Waals surface area contributed by atoms with Crippen LogP contribution in [0.4, 0.5) is 5.13 Å². The van der Waals surface area contributed by atoms with Crippen molar-refractivity contribution in [1.82, 2.24) is 9.88 Å². The molecule has 0 fully saturated rings. The molecule has 7 nitrogen and oxygen atoms in total. The number of nitrogens with zero attached hydrogens (tertiary/aromatic N) is 3. The average Bonchev–Trinajstić information content (AvgIpc) is 3.24. The third-order valence-electron chi connectivity index (χ3n) is 5.38. The Bertz CT molecular complexity index is 1070. The Morgan fingerprint density at radius 1 is 1.06 bits per heavy atom. The molecule has 0 saturated heterocycles. The first-order valence-corrected chi connectivity index (χ1v) is 11.3. The highest BCUT2D eigenvalue weighted by Crippen LogP contribution is 2.34. The molecule has 0 bridgehead atoms. The summed E-state index contributed by atoms with van der Waals surface area (Å²) in [7, 11) is 1.64. The third kappa shape index (κ3) is 5.09. The van der Waals surface area contributed by atoms with Gasteiger partial charge in [-0.05, 0) is 43.4 Å². The molecule has 2 heterocycles. The molecule has 1 amide bonds. The van der Waals surface area contributed by atoms with E-state index in [0.29, 0.717) is 42.0 Å². The fourth-order valence-electron chi connectivity index (χ4n) is 3.54. The lowest BCUT2D eigenvalue weighted by molar-refractivity contribution is 0.0982. The van der Waals surface area contributed by atoms with E-state index in [1.807, 2.05) is 18.2 Å². The number of halogens is 1. The molecule has 0 spiro atoms. The minimum atomic E-state index is -0.102. The first kappa shape index (κ1) is 24.1. The second-order valence-corrected chi connectivity index (χ2v) is 8.18. The van der Waals surface area contributed by atoms with Gasteiger partial charge in [0.2, 0.25) is 0 Å². The maximum atomic E-state index is 13.6. The molecule has 0 aliphatic carbocycles. The van der Waals surface area contributed by atoms with E-state index in [4.69, 9.17) is 19.2 Å². The van der Waals surface area contributed by atoms with E-state index in [1.165, 1.54) is 11.3 Å². The summed E-state index contributed by atoms with van der Waals surface area (Å²) in [4.78, 5) is 22.4. The Labute approximate surface area is 198 Å². The van der Waals surface area contributed by atoms with Crippen LogP contribution < -0.4 is 19.1 Å². The van der Waals surface area contributed by atoms with E-state index in [9.17, 15) is 4.79 Å². The van der Waals surface area contributed by atoms with Gasteiger partial charge in [-0.2, -0.15) is 0 Å². The summed E-state index contributed by atoms with van der Waals surface area (Å²) in [5.41, 5.74) is 1.38. The molecule has 0 radical (unpaired) electrons. The number of fused-ring (bicyclic) bond motifs is 2. The summed E-state index contributed by atoms with van der Waals surface area (Å²) in [6.45, 7) is 8.43. The van der Waals surface area contributed by atoms with Crippen LogP contribution in [0.1, 0.15) is 24.2 Å². The largest absolute Gasteiger partial charge is 0.497 e. The van der Waals surface area contributed by atoms with E-state index in [-0.39, 0.29) is 18.3 Å². The smallest absolute Gasteiger partial charge is 0.260 e. The van der Waals surface area contributed by atoms with Crippen LogP contribution in [0.3, 0.4) is 0 Å². The molecule has 1 aliphatic heterocycles. The Kier molecular flexibility index (Phi) is 8.17. The number of rotatable bonds is 8. The normalized spacial score (nSPS) is 12.5. The number of anilines is 1. The molecule has 1 aromatic heterocycles. The maximum Gasteiger partial charge on any atom is 0.260 e. The van der Waals surface area contributed by atoms with Crippen molar-refractivity contribution in [1.29, 1.82) is 0 Å². The predicted molar refractivity (Wildman–Crippen MR) is 130 cm³/mol. The number of amides is 1. The number of likely N-dealkylation sites (N-methyl/N-ethyl adjacent to an activating group) is 1. The Morgan fingerprint density at radius 3 is 2.53 bits per heavy atom. The van der Waals surface area contributed by atoms with Crippen molar-refractivity contribution in [3.8, 4) is 17.2 Å². The maximum absolute atomic E-state index is 13.6. The van der Waals surface area contributed by atoms with Crippen LogP contribution in [0.2, 0.25) is 0 Å². The number of ether oxygens (including phenoxy) is 3. The van der Waals surface area contributed by atoms with Gasteiger partial charge in [0.05, 0.1) is 17.3 Å². The quantitative estimate of drug-likeness (QED) is 0.476. The van der Waals surface area contributed by atoms with Crippen molar-refractivity contribution in [3.63, 3.8) is 0 Å². The number of hydrogen-bond acceptors (Lipinski definition) is 7. The second-order valence-electron chi connectivity index (χ2n) is 7.17. The van der Waals surface area contributed by atoms with E-state index in [0.717, 1.165) is 35.6 Å². The lowest BCUT2D eigenvalue weighted by Gasteiger charge is -2.25. The molecular formula is C23H28ClN3O4S. The highest BCUT2D eigenvalue weighted by molar-refractivity contribution is 7.22. The van der Waals surface area contributed by atoms with Crippen molar-refractivity contribution < 1.29 is 19.0 Å². The lowest BCUT2D eigenvalue weighted by Crippen LogP contribution is -2.38. The van der Waals surface area contributed by atoms with Gasteiger partial charge in [0.25, 0.3) is 5.91 Å². The zero-order valence-corrected chi connectivity index (χ0v) is 20.1. The summed E-state index contributed by atoms with van der Waals surface area (Å²) >= 11 is 1.51. The number of aromatic nitrogens is 1. The van der Waals surface area contributed by atoms with Gasteiger partial charge in [-0.3, -0.25) is 9.69 Å². The Morgan fingerprint density at radius 2 is 1.81 bits per heavy atom. The molecule has 172 valence electrons. The van der Waals surface area contributed by atoms with Gasteiger partial charge in [-0.1, -0.05) is 25.2 Å². The van der Waals surface area contributed by atoms with Crippen LogP contribution in [-0.2, 0) is 0 Å². The Hall–Kier alpha value is -2.55. The first-order valence-electron chi connectivity index (χ1n) is 10.5. The van der Waals surface area contributed by atoms with Crippen molar-refractivity contribution in [2.24, 2.45) is 0 Å². The summed E-state index contributed by atoms with van der Waals surface area (Å²) in [6, 6.07) is 11.1. The van der Waals surface area contributed by atoms with Crippen LogP contribution in [0.5, 0.6) is 17.2 Å². The standard InChI is InChI=1S/C23H27N3O4S.ClH/c1-4-25(5-2)10-11-26(23-24-18-15-17(28-3)7-9-21(18)31-23)22(27)16-6-8-19-20(14-16)30-13-12-29-19;/h6-9,14-15H,4-5,10-13H2,1-3H3;1H.